The van der Waals surface area contributed by atoms with Gasteiger partial charge in [0.15, 0.2) is 0 Å². The Morgan fingerprint density at radius 1 is 1.06 bits per heavy atom. The minimum Gasteiger partial charge on any atom is -0.316 e. The van der Waals surface area contributed by atoms with Crippen molar-refractivity contribution < 1.29 is 0 Å². The Balaban J connectivity index is 2.94. The second kappa shape index (κ2) is 6.80. The average molecular weight is 233 g/mol. The van der Waals surface area contributed by atoms with Crippen molar-refractivity contribution in [2.75, 3.05) is 13.1 Å². The summed E-state index contributed by atoms with van der Waals surface area (Å²) in [5.41, 5.74) is 3.25. The molecule has 96 valence electrons. The van der Waals surface area contributed by atoms with Crippen molar-refractivity contribution in [3.8, 4) is 0 Å². The Morgan fingerprint density at radius 3 is 2.24 bits per heavy atom. The normalized spacial score (nSPS) is 11.8. The van der Waals surface area contributed by atoms with Crippen LogP contribution in [-0.4, -0.2) is 13.1 Å². The van der Waals surface area contributed by atoms with Gasteiger partial charge in [-0.15, -0.1) is 0 Å². The maximum absolute atomic E-state index is 3.60. The molecule has 0 fully saturated rings. The average Bonchev–Trinajstić information content (AvgIpc) is 2.36. The van der Waals surface area contributed by atoms with Crippen molar-refractivity contribution in [2.45, 2.75) is 52.4 Å². The summed E-state index contributed by atoms with van der Waals surface area (Å²) in [6.07, 6.45) is 3.60. The minimum absolute atomic E-state index is 0.306. The summed E-state index contributed by atoms with van der Waals surface area (Å²) in [6.45, 7) is 11.3. The van der Waals surface area contributed by atoms with E-state index in [2.05, 4.69) is 57.3 Å². The van der Waals surface area contributed by atoms with Crippen LogP contribution in [0.3, 0.4) is 0 Å². The van der Waals surface area contributed by atoms with E-state index in [0.717, 1.165) is 13.1 Å². The van der Waals surface area contributed by atoms with Gasteiger partial charge in [0.2, 0.25) is 0 Å². The lowest BCUT2D eigenvalue weighted by Gasteiger charge is -2.34. The summed E-state index contributed by atoms with van der Waals surface area (Å²) in [4.78, 5) is 0. The second-order valence-electron chi connectivity index (χ2n) is 4.98. The van der Waals surface area contributed by atoms with Crippen LogP contribution in [-0.2, 0) is 5.41 Å². The lowest BCUT2D eigenvalue weighted by atomic mass is 9.74. The molecule has 1 aromatic rings. The van der Waals surface area contributed by atoms with E-state index in [-0.39, 0.29) is 0 Å². The number of aryl methyl sites for hydroxylation is 1. The molecule has 0 saturated carbocycles. The van der Waals surface area contributed by atoms with Crippen LogP contribution in [0.5, 0.6) is 0 Å². The van der Waals surface area contributed by atoms with Crippen LogP contribution in [0.15, 0.2) is 24.3 Å². The third kappa shape index (κ3) is 3.32. The Hall–Kier alpha value is -0.820. The first-order valence-corrected chi connectivity index (χ1v) is 6.97. The molecule has 0 spiro atoms. The van der Waals surface area contributed by atoms with Gasteiger partial charge in [0, 0.05) is 12.0 Å². The van der Waals surface area contributed by atoms with Crippen molar-refractivity contribution in [3.05, 3.63) is 35.4 Å². The van der Waals surface area contributed by atoms with Crippen molar-refractivity contribution in [1.82, 2.24) is 5.32 Å². The Labute approximate surface area is 107 Å². The summed E-state index contributed by atoms with van der Waals surface area (Å²) in [5, 5.41) is 3.60. The summed E-state index contributed by atoms with van der Waals surface area (Å²) >= 11 is 0. The first-order chi connectivity index (χ1) is 8.20. The zero-order valence-corrected chi connectivity index (χ0v) is 11.8. The van der Waals surface area contributed by atoms with Crippen LogP contribution < -0.4 is 5.32 Å². The summed E-state index contributed by atoms with van der Waals surface area (Å²) in [6, 6.07) is 8.84. The molecule has 17 heavy (non-hydrogen) atoms. The van der Waals surface area contributed by atoms with Gasteiger partial charge in [0.05, 0.1) is 0 Å². The lowest BCUT2D eigenvalue weighted by Crippen LogP contribution is -2.38. The third-order valence-electron chi connectivity index (χ3n) is 3.96. The summed E-state index contributed by atoms with van der Waals surface area (Å²) < 4.78 is 0. The number of hydrogen-bond donors (Lipinski definition) is 1. The molecular weight excluding hydrogens is 206 g/mol. The molecule has 0 aliphatic heterocycles. The third-order valence-corrected chi connectivity index (χ3v) is 3.96. The quantitative estimate of drug-likeness (QED) is 0.701. The molecule has 0 saturated heterocycles. The monoisotopic (exact) mass is 233 g/mol. The molecule has 0 aliphatic rings. The second-order valence-corrected chi connectivity index (χ2v) is 4.98. The maximum Gasteiger partial charge on any atom is 0.00751 e. The van der Waals surface area contributed by atoms with E-state index in [0.29, 0.717) is 5.41 Å². The fraction of sp³-hybridized carbons (Fsp3) is 0.625. The van der Waals surface area contributed by atoms with Crippen molar-refractivity contribution in [1.29, 1.82) is 0 Å². The Bertz CT molecular complexity index is 326. The van der Waals surface area contributed by atoms with Crippen LogP contribution in [0.1, 0.15) is 51.2 Å². The molecule has 1 heteroatoms. The Morgan fingerprint density at radius 2 is 1.71 bits per heavy atom. The molecule has 1 nitrogen and oxygen atoms in total. The van der Waals surface area contributed by atoms with Gasteiger partial charge in [-0.3, -0.25) is 0 Å². The lowest BCUT2D eigenvalue weighted by molar-refractivity contribution is 0.367. The SMILES string of the molecule is CCCNCC(CC)(CC)c1ccccc1C. The van der Waals surface area contributed by atoms with Crippen LogP contribution in [0, 0.1) is 6.92 Å². The maximum atomic E-state index is 3.60. The van der Waals surface area contributed by atoms with Crippen molar-refractivity contribution >= 4 is 0 Å². The van der Waals surface area contributed by atoms with E-state index in [1.807, 2.05) is 0 Å². The fourth-order valence-corrected chi connectivity index (χ4v) is 2.65. The Kier molecular flexibility index (Phi) is 5.70. The standard InChI is InChI=1S/C16H27N/c1-5-12-17-13-16(6-2,7-3)15-11-9-8-10-14(15)4/h8-11,17H,5-7,12-13H2,1-4H3. The number of hydrogen-bond acceptors (Lipinski definition) is 1. The first-order valence-electron chi connectivity index (χ1n) is 6.97. The van der Waals surface area contributed by atoms with Gasteiger partial charge in [-0.1, -0.05) is 45.0 Å². The largest absolute Gasteiger partial charge is 0.316 e. The van der Waals surface area contributed by atoms with E-state index in [1.165, 1.54) is 30.4 Å². The molecule has 0 amide bonds. The van der Waals surface area contributed by atoms with Crippen LogP contribution in [0.25, 0.3) is 0 Å². The molecule has 1 aromatic carbocycles. The van der Waals surface area contributed by atoms with Crippen LogP contribution >= 0.6 is 0 Å². The van der Waals surface area contributed by atoms with E-state index in [9.17, 15) is 0 Å². The molecule has 0 heterocycles. The zero-order chi connectivity index (χ0) is 12.7. The molecular formula is C16H27N. The van der Waals surface area contributed by atoms with E-state index < -0.39 is 0 Å². The molecule has 1 N–H and O–H groups in total. The predicted octanol–water partition coefficient (Wildman–Crippen LogP) is 4.05. The van der Waals surface area contributed by atoms with Gasteiger partial charge in [-0.05, 0) is 43.9 Å². The summed E-state index contributed by atoms with van der Waals surface area (Å²) in [7, 11) is 0. The highest BCUT2D eigenvalue weighted by Crippen LogP contribution is 2.33. The zero-order valence-electron chi connectivity index (χ0n) is 11.8. The molecule has 0 unspecified atom stereocenters. The van der Waals surface area contributed by atoms with Crippen LogP contribution in [0.4, 0.5) is 0 Å². The van der Waals surface area contributed by atoms with E-state index in [1.54, 1.807) is 0 Å². The van der Waals surface area contributed by atoms with Gasteiger partial charge in [-0.2, -0.15) is 0 Å². The van der Waals surface area contributed by atoms with Gasteiger partial charge >= 0.3 is 0 Å². The molecule has 0 bridgehead atoms. The van der Waals surface area contributed by atoms with E-state index >= 15 is 0 Å². The summed E-state index contributed by atoms with van der Waals surface area (Å²) in [5.74, 6) is 0. The van der Waals surface area contributed by atoms with Crippen LogP contribution in [0.2, 0.25) is 0 Å². The highest BCUT2D eigenvalue weighted by atomic mass is 14.9. The van der Waals surface area contributed by atoms with Gasteiger partial charge in [0.25, 0.3) is 0 Å². The molecule has 0 aromatic heterocycles. The molecule has 0 aliphatic carbocycles. The molecule has 0 radical (unpaired) electrons. The smallest absolute Gasteiger partial charge is 0.00751 e. The minimum atomic E-state index is 0.306. The highest BCUT2D eigenvalue weighted by Gasteiger charge is 2.28. The molecule has 0 atom stereocenters. The van der Waals surface area contributed by atoms with Gasteiger partial charge in [-0.25, -0.2) is 0 Å². The van der Waals surface area contributed by atoms with Crippen molar-refractivity contribution in [3.63, 3.8) is 0 Å². The number of benzene rings is 1. The molecule has 1 rings (SSSR count). The van der Waals surface area contributed by atoms with E-state index in [4.69, 9.17) is 0 Å². The van der Waals surface area contributed by atoms with Gasteiger partial charge < -0.3 is 5.32 Å². The number of rotatable bonds is 7. The fourth-order valence-electron chi connectivity index (χ4n) is 2.65. The predicted molar refractivity (Wildman–Crippen MR) is 76.6 cm³/mol. The first kappa shape index (κ1) is 14.2. The highest BCUT2D eigenvalue weighted by molar-refractivity contribution is 5.33. The van der Waals surface area contributed by atoms with Gasteiger partial charge in [0.1, 0.15) is 0 Å². The van der Waals surface area contributed by atoms with Crippen molar-refractivity contribution in [2.24, 2.45) is 0 Å². The topological polar surface area (TPSA) is 12.0 Å². The number of nitrogens with one attached hydrogen (secondary N) is 1.